The Balaban J connectivity index is 1.35. The first-order chi connectivity index (χ1) is 16.5. The second-order valence-electron chi connectivity index (χ2n) is 8.41. The van der Waals surface area contributed by atoms with Crippen molar-refractivity contribution in [1.29, 1.82) is 0 Å². The number of benzene rings is 3. The van der Waals surface area contributed by atoms with E-state index in [0.29, 0.717) is 26.0 Å². The van der Waals surface area contributed by atoms with Crippen LogP contribution in [0.1, 0.15) is 40.2 Å². The molecule has 176 valence electrons. The monoisotopic (exact) mass is 459 g/mol. The molecule has 0 saturated carbocycles. The van der Waals surface area contributed by atoms with Gasteiger partial charge in [-0.1, -0.05) is 36.4 Å². The van der Waals surface area contributed by atoms with Crippen molar-refractivity contribution in [3.8, 4) is 5.75 Å². The Hall–Kier alpha value is -3.67. The van der Waals surface area contributed by atoms with Gasteiger partial charge in [-0.05, 0) is 68.1 Å². The Morgan fingerprint density at radius 1 is 1.00 bits per heavy atom. The molecule has 0 spiro atoms. The summed E-state index contributed by atoms with van der Waals surface area (Å²) in [4.78, 5) is 17.0. The second-order valence-corrected chi connectivity index (χ2v) is 8.41. The van der Waals surface area contributed by atoms with Crippen molar-refractivity contribution in [3.05, 3.63) is 95.1 Å². The summed E-state index contributed by atoms with van der Waals surface area (Å²) in [5.41, 5.74) is 4.53. The van der Waals surface area contributed by atoms with Crippen LogP contribution in [-0.2, 0) is 13.0 Å². The first kappa shape index (κ1) is 23.5. The topological polar surface area (TPSA) is 56.1 Å². The summed E-state index contributed by atoms with van der Waals surface area (Å²) < 4.78 is 22.1. The first-order valence-electron chi connectivity index (χ1n) is 11.7. The normalized spacial score (nSPS) is 11.0. The number of hydrogen-bond acceptors (Lipinski definition) is 3. The zero-order valence-corrected chi connectivity index (χ0v) is 19.7. The Morgan fingerprint density at radius 3 is 2.65 bits per heavy atom. The number of aryl methyl sites for hydroxylation is 3. The number of rotatable bonds is 10. The molecule has 5 nitrogen and oxygen atoms in total. The molecule has 0 atom stereocenters. The van der Waals surface area contributed by atoms with Gasteiger partial charge >= 0.3 is 0 Å². The van der Waals surface area contributed by atoms with Crippen molar-refractivity contribution in [1.82, 2.24) is 14.9 Å². The van der Waals surface area contributed by atoms with Gasteiger partial charge < -0.3 is 14.6 Å². The summed E-state index contributed by atoms with van der Waals surface area (Å²) in [5, 5.41) is 2.81. The maximum atomic E-state index is 13.8. The van der Waals surface area contributed by atoms with E-state index in [-0.39, 0.29) is 5.56 Å². The van der Waals surface area contributed by atoms with Crippen LogP contribution in [0.5, 0.6) is 5.75 Å². The van der Waals surface area contributed by atoms with Crippen LogP contribution in [-0.4, -0.2) is 28.6 Å². The van der Waals surface area contributed by atoms with E-state index in [1.165, 1.54) is 23.3 Å². The highest BCUT2D eigenvalue weighted by Gasteiger charge is 2.12. The fourth-order valence-electron chi connectivity index (χ4n) is 4.04. The minimum Gasteiger partial charge on any atom is -0.493 e. The molecule has 3 aromatic carbocycles. The molecule has 0 aliphatic rings. The number of nitrogens with one attached hydrogen (secondary N) is 1. The summed E-state index contributed by atoms with van der Waals surface area (Å²) in [5.74, 6) is 1.01. The van der Waals surface area contributed by atoms with Crippen molar-refractivity contribution in [2.75, 3.05) is 13.2 Å². The Morgan fingerprint density at radius 2 is 1.79 bits per heavy atom. The molecule has 0 unspecified atom stereocenters. The van der Waals surface area contributed by atoms with Crippen LogP contribution >= 0.6 is 0 Å². The molecule has 34 heavy (non-hydrogen) atoms. The highest BCUT2D eigenvalue weighted by Crippen LogP contribution is 2.21. The molecule has 0 saturated heterocycles. The molecule has 0 aliphatic carbocycles. The lowest BCUT2D eigenvalue weighted by Crippen LogP contribution is -2.25. The Labute approximate surface area is 199 Å². The number of hydrogen-bond donors (Lipinski definition) is 1. The average molecular weight is 460 g/mol. The Bertz CT molecular complexity index is 1280. The van der Waals surface area contributed by atoms with E-state index in [4.69, 9.17) is 9.72 Å². The molecular formula is C28H30FN3O2. The fraction of sp³-hybridized carbons (Fsp3) is 0.286. The zero-order chi connectivity index (χ0) is 23.9. The van der Waals surface area contributed by atoms with Crippen molar-refractivity contribution in [2.24, 2.45) is 0 Å². The van der Waals surface area contributed by atoms with Gasteiger partial charge in [-0.25, -0.2) is 9.37 Å². The van der Waals surface area contributed by atoms with Crippen LogP contribution in [0.2, 0.25) is 0 Å². The van der Waals surface area contributed by atoms with E-state index in [9.17, 15) is 9.18 Å². The van der Waals surface area contributed by atoms with Gasteiger partial charge in [0.1, 0.15) is 17.4 Å². The minimum atomic E-state index is -0.509. The average Bonchev–Trinajstić information content (AvgIpc) is 3.19. The molecule has 4 rings (SSSR count). The van der Waals surface area contributed by atoms with E-state index in [1.54, 1.807) is 12.1 Å². The predicted molar refractivity (Wildman–Crippen MR) is 133 cm³/mol. The lowest BCUT2D eigenvalue weighted by molar-refractivity contribution is 0.0949. The highest BCUT2D eigenvalue weighted by molar-refractivity contribution is 5.94. The zero-order valence-electron chi connectivity index (χ0n) is 19.7. The standard InChI is InChI=1S/C28H30FN3O2/c1-20-10-7-15-26(21(20)2)34-19-9-18-32-25-14-6-5-13-24(25)31-27(32)16-8-17-30-28(33)22-11-3-4-12-23(22)29/h3-7,10-15H,8-9,16-19H2,1-2H3,(H,30,33). The lowest BCUT2D eigenvalue weighted by atomic mass is 10.1. The van der Waals surface area contributed by atoms with Gasteiger partial charge in [0, 0.05) is 19.5 Å². The van der Waals surface area contributed by atoms with Crippen molar-refractivity contribution >= 4 is 16.9 Å². The molecule has 1 N–H and O–H groups in total. The molecule has 1 aromatic heterocycles. The number of amides is 1. The third kappa shape index (κ3) is 5.45. The maximum absolute atomic E-state index is 13.8. The lowest BCUT2D eigenvalue weighted by Gasteiger charge is -2.13. The molecule has 0 radical (unpaired) electrons. The largest absolute Gasteiger partial charge is 0.493 e. The van der Waals surface area contributed by atoms with E-state index in [1.807, 2.05) is 30.3 Å². The van der Waals surface area contributed by atoms with Crippen LogP contribution in [0.25, 0.3) is 11.0 Å². The third-order valence-electron chi connectivity index (χ3n) is 6.05. The summed E-state index contributed by atoms with van der Waals surface area (Å²) in [6, 6.07) is 20.2. The van der Waals surface area contributed by atoms with E-state index < -0.39 is 11.7 Å². The summed E-state index contributed by atoms with van der Waals surface area (Å²) in [6.07, 6.45) is 2.28. The maximum Gasteiger partial charge on any atom is 0.254 e. The van der Waals surface area contributed by atoms with E-state index >= 15 is 0 Å². The number of carbonyl (C=O) groups is 1. The summed E-state index contributed by atoms with van der Waals surface area (Å²) in [7, 11) is 0. The smallest absolute Gasteiger partial charge is 0.254 e. The highest BCUT2D eigenvalue weighted by atomic mass is 19.1. The van der Waals surface area contributed by atoms with Gasteiger partial charge in [0.05, 0.1) is 23.2 Å². The van der Waals surface area contributed by atoms with E-state index in [0.717, 1.165) is 35.6 Å². The molecule has 0 fully saturated rings. The molecule has 1 amide bonds. The van der Waals surface area contributed by atoms with Crippen LogP contribution in [0, 0.1) is 19.7 Å². The number of carbonyl (C=O) groups excluding carboxylic acids is 1. The molecule has 6 heteroatoms. The van der Waals surface area contributed by atoms with Gasteiger partial charge in [0.15, 0.2) is 0 Å². The Kier molecular flexibility index (Phi) is 7.58. The summed E-state index contributed by atoms with van der Waals surface area (Å²) in [6.45, 7) is 6.03. The predicted octanol–water partition coefficient (Wildman–Crippen LogP) is 5.62. The SMILES string of the molecule is Cc1cccc(OCCCn2c(CCCNC(=O)c3ccccc3F)nc3ccccc32)c1C. The number of aromatic nitrogens is 2. The van der Waals surface area contributed by atoms with Gasteiger partial charge in [-0.15, -0.1) is 0 Å². The number of nitrogens with zero attached hydrogens (tertiary/aromatic N) is 2. The van der Waals surface area contributed by atoms with Gasteiger partial charge in [-0.3, -0.25) is 4.79 Å². The first-order valence-corrected chi connectivity index (χ1v) is 11.7. The van der Waals surface area contributed by atoms with Crippen molar-refractivity contribution in [2.45, 2.75) is 39.7 Å². The number of ether oxygens (including phenoxy) is 1. The van der Waals surface area contributed by atoms with E-state index in [2.05, 4.69) is 35.9 Å². The van der Waals surface area contributed by atoms with Crippen LogP contribution in [0.4, 0.5) is 4.39 Å². The number of halogens is 1. The van der Waals surface area contributed by atoms with Crippen LogP contribution < -0.4 is 10.1 Å². The fourth-order valence-corrected chi connectivity index (χ4v) is 4.04. The summed E-state index contributed by atoms with van der Waals surface area (Å²) >= 11 is 0. The van der Waals surface area contributed by atoms with Gasteiger partial charge in [-0.2, -0.15) is 0 Å². The number of imidazole rings is 1. The second kappa shape index (κ2) is 11.0. The molecule has 1 heterocycles. The molecular weight excluding hydrogens is 429 g/mol. The number of fused-ring (bicyclic) bond motifs is 1. The quantitative estimate of drug-likeness (QED) is 0.313. The molecule has 0 bridgehead atoms. The van der Waals surface area contributed by atoms with Crippen molar-refractivity contribution in [3.63, 3.8) is 0 Å². The van der Waals surface area contributed by atoms with Crippen LogP contribution in [0.15, 0.2) is 66.7 Å². The minimum absolute atomic E-state index is 0.0681. The number of para-hydroxylation sites is 2. The van der Waals surface area contributed by atoms with Crippen LogP contribution in [0.3, 0.4) is 0 Å². The van der Waals surface area contributed by atoms with Crippen molar-refractivity contribution < 1.29 is 13.9 Å². The molecule has 0 aliphatic heterocycles. The van der Waals surface area contributed by atoms with Gasteiger partial charge in [0.25, 0.3) is 5.91 Å². The molecule has 4 aromatic rings. The third-order valence-corrected chi connectivity index (χ3v) is 6.05. The van der Waals surface area contributed by atoms with Gasteiger partial charge in [0.2, 0.25) is 0 Å².